The van der Waals surface area contributed by atoms with Gasteiger partial charge in [-0.25, -0.2) is 23.4 Å². The highest BCUT2D eigenvalue weighted by Gasteiger charge is 2.22. The molecule has 0 spiro atoms. The number of carbonyl (C=O) groups is 1. The number of nitrogens with one attached hydrogen (secondary N) is 1. The predicted octanol–water partition coefficient (Wildman–Crippen LogP) is 3.07. The minimum Gasteiger partial charge on any atom is -0.368 e. The number of benzene rings is 2. The van der Waals surface area contributed by atoms with Crippen molar-refractivity contribution >= 4 is 34.1 Å². The second-order valence-electron chi connectivity index (χ2n) is 7.72. The van der Waals surface area contributed by atoms with Crippen molar-refractivity contribution in [1.82, 2.24) is 19.7 Å². The van der Waals surface area contributed by atoms with E-state index in [1.54, 1.807) is 6.20 Å². The van der Waals surface area contributed by atoms with Crippen molar-refractivity contribution in [3.8, 4) is 0 Å². The van der Waals surface area contributed by atoms with E-state index >= 15 is 0 Å². The molecule has 4 aromatic rings. The van der Waals surface area contributed by atoms with Gasteiger partial charge in [-0.3, -0.25) is 4.79 Å². The molecule has 5 rings (SSSR count). The first kappa shape index (κ1) is 20.8. The van der Waals surface area contributed by atoms with E-state index < -0.39 is 17.5 Å². The van der Waals surface area contributed by atoms with Gasteiger partial charge >= 0.3 is 0 Å². The minimum absolute atomic E-state index is 0.124. The normalized spacial score (nSPS) is 14.0. The Balaban J connectivity index is 1.29. The molecular weight excluding hydrogens is 428 g/mol. The van der Waals surface area contributed by atoms with Gasteiger partial charge in [0.2, 0.25) is 5.91 Å². The van der Waals surface area contributed by atoms with Crippen molar-refractivity contribution in [2.75, 3.05) is 41.3 Å². The summed E-state index contributed by atoms with van der Waals surface area (Å²) in [5.41, 5.74) is 1.90. The van der Waals surface area contributed by atoms with Crippen LogP contribution in [0.4, 0.5) is 26.0 Å². The number of rotatable bonds is 5. The number of nitrogens with zero attached hydrogens (tertiary/aromatic N) is 6. The lowest BCUT2D eigenvalue weighted by molar-refractivity contribution is -0.116. The lowest BCUT2D eigenvalue weighted by atomic mass is 10.2. The van der Waals surface area contributed by atoms with Crippen molar-refractivity contribution in [2.24, 2.45) is 0 Å². The highest BCUT2D eigenvalue weighted by atomic mass is 19.2. The van der Waals surface area contributed by atoms with Crippen molar-refractivity contribution in [3.05, 3.63) is 72.7 Å². The zero-order valence-corrected chi connectivity index (χ0v) is 17.7. The molecule has 1 aliphatic heterocycles. The molecule has 1 aliphatic rings. The maximum atomic E-state index is 13.4. The molecule has 3 heterocycles. The van der Waals surface area contributed by atoms with Gasteiger partial charge in [0.25, 0.3) is 0 Å². The molecule has 10 heteroatoms. The van der Waals surface area contributed by atoms with Crippen molar-refractivity contribution in [1.29, 1.82) is 0 Å². The molecule has 33 heavy (non-hydrogen) atoms. The van der Waals surface area contributed by atoms with Gasteiger partial charge in [-0.2, -0.15) is 5.10 Å². The highest BCUT2D eigenvalue weighted by molar-refractivity contribution is 5.92. The first-order valence-corrected chi connectivity index (χ1v) is 10.5. The third-order valence-electron chi connectivity index (χ3n) is 5.61. The number of aromatic nitrogens is 4. The van der Waals surface area contributed by atoms with Crippen molar-refractivity contribution in [2.45, 2.75) is 6.54 Å². The lowest BCUT2D eigenvalue weighted by Crippen LogP contribution is -2.46. The van der Waals surface area contributed by atoms with E-state index in [9.17, 15) is 13.6 Å². The molecule has 168 valence electrons. The molecule has 2 aromatic carbocycles. The molecule has 2 aromatic heterocycles. The number of anilines is 3. The Kier molecular flexibility index (Phi) is 5.55. The average molecular weight is 449 g/mol. The highest BCUT2D eigenvalue weighted by Crippen LogP contribution is 2.25. The van der Waals surface area contributed by atoms with Crippen molar-refractivity contribution < 1.29 is 13.6 Å². The van der Waals surface area contributed by atoms with Crippen LogP contribution in [0.2, 0.25) is 0 Å². The van der Waals surface area contributed by atoms with E-state index in [4.69, 9.17) is 0 Å². The maximum Gasteiger partial charge on any atom is 0.246 e. The van der Waals surface area contributed by atoms with Gasteiger partial charge < -0.3 is 15.1 Å². The van der Waals surface area contributed by atoms with Crippen LogP contribution in [0.5, 0.6) is 0 Å². The molecule has 1 N–H and O–H groups in total. The monoisotopic (exact) mass is 449 g/mol. The number of hydrogen-bond donors (Lipinski definition) is 1. The van der Waals surface area contributed by atoms with Gasteiger partial charge in [-0.1, -0.05) is 18.2 Å². The van der Waals surface area contributed by atoms with Crippen LogP contribution in [0.25, 0.3) is 11.0 Å². The van der Waals surface area contributed by atoms with Gasteiger partial charge in [0.05, 0.1) is 11.6 Å². The standard InChI is InChI=1S/C23H21F2N7O/c24-19-7-6-16(12-20(19)25)29-21(33)14-32-23-18(13-28-32)22(26-15-27-23)31-10-8-30(9-11-31)17-4-2-1-3-5-17/h1-7,12-13,15H,8-11,14H2,(H,29,33). The molecular formula is C23H21F2N7O. The SMILES string of the molecule is O=C(Cn1ncc2c(N3CCN(c4ccccc4)CC3)ncnc21)Nc1ccc(F)c(F)c1. The summed E-state index contributed by atoms with van der Waals surface area (Å²) < 4.78 is 27.9. The van der Waals surface area contributed by atoms with Crippen LogP contribution in [-0.4, -0.2) is 51.8 Å². The summed E-state index contributed by atoms with van der Waals surface area (Å²) in [6.07, 6.45) is 3.12. The molecule has 0 unspecified atom stereocenters. The number of piperazine rings is 1. The summed E-state index contributed by atoms with van der Waals surface area (Å²) in [4.78, 5) is 25.7. The van der Waals surface area contributed by atoms with Crippen LogP contribution < -0.4 is 15.1 Å². The number of carbonyl (C=O) groups excluding carboxylic acids is 1. The number of halogens is 2. The fourth-order valence-electron chi connectivity index (χ4n) is 3.97. The van der Waals surface area contributed by atoms with Gasteiger partial charge in [0.15, 0.2) is 17.3 Å². The molecule has 1 amide bonds. The summed E-state index contributed by atoms with van der Waals surface area (Å²) in [6, 6.07) is 13.5. The molecule has 0 aliphatic carbocycles. The van der Waals surface area contributed by atoms with E-state index in [2.05, 4.69) is 42.3 Å². The number of fused-ring (bicyclic) bond motifs is 1. The van der Waals surface area contributed by atoms with E-state index in [1.807, 2.05) is 18.2 Å². The number of para-hydroxylation sites is 1. The molecule has 1 fully saturated rings. The summed E-state index contributed by atoms with van der Waals surface area (Å²) >= 11 is 0. The Bertz CT molecular complexity index is 1290. The summed E-state index contributed by atoms with van der Waals surface area (Å²) in [5, 5.41) is 7.61. The largest absolute Gasteiger partial charge is 0.368 e. The molecule has 0 radical (unpaired) electrons. The lowest BCUT2D eigenvalue weighted by Gasteiger charge is -2.36. The Morgan fingerprint density at radius 1 is 0.939 bits per heavy atom. The van der Waals surface area contributed by atoms with Gasteiger partial charge in [-0.05, 0) is 24.3 Å². The van der Waals surface area contributed by atoms with Crippen LogP contribution in [0, 0.1) is 11.6 Å². The van der Waals surface area contributed by atoms with E-state index in [0.29, 0.717) is 5.65 Å². The quantitative estimate of drug-likeness (QED) is 0.505. The fraction of sp³-hybridized carbons (Fsp3) is 0.217. The Hall–Kier alpha value is -4.08. The summed E-state index contributed by atoms with van der Waals surface area (Å²) in [7, 11) is 0. The topological polar surface area (TPSA) is 79.2 Å². The number of hydrogen-bond acceptors (Lipinski definition) is 6. The van der Waals surface area contributed by atoms with Crippen LogP contribution in [0.1, 0.15) is 0 Å². The molecule has 0 saturated carbocycles. The zero-order chi connectivity index (χ0) is 22.8. The molecule has 8 nitrogen and oxygen atoms in total. The second kappa shape index (κ2) is 8.81. The Morgan fingerprint density at radius 3 is 2.45 bits per heavy atom. The van der Waals surface area contributed by atoms with E-state index in [0.717, 1.165) is 49.5 Å². The maximum absolute atomic E-state index is 13.4. The molecule has 1 saturated heterocycles. The average Bonchev–Trinajstić information content (AvgIpc) is 3.25. The Labute approximate surface area is 188 Å². The van der Waals surface area contributed by atoms with Crippen LogP contribution in [0.15, 0.2) is 61.1 Å². The third-order valence-corrected chi connectivity index (χ3v) is 5.61. The third kappa shape index (κ3) is 4.32. The minimum atomic E-state index is -1.03. The molecule has 0 atom stereocenters. The van der Waals surface area contributed by atoms with E-state index in [1.165, 1.54) is 22.8 Å². The fourth-order valence-corrected chi connectivity index (χ4v) is 3.97. The Morgan fingerprint density at radius 2 is 1.70 bits per heavy atom. The van der Waals surface area contributed by atoms with Gasteiger partial charge in [-0.15, -0.1) is 0 Å². The van der Waals surface area contributed by atoms with Crippen LogP contribution in [0.3, 0.4) is 0 Å². The summed E-state index contributed by atoms with van der Waals surface area (Å²) in [6.45, 7) is 3.19. The first-order valence-electron chi connectivity index (χ1n) is 10.5. The second-order valence-corrected chi connectivity index (χ2v) is 7.72. The van der Waals surface area contributed by atoms with Gasteiger partial charge in [0, 0.05) is 43.6 Å². The zero-order valence-electron chi connectivity index (χ0n) is 17.7. The number of amides is 1. The summed E-state index contributed by atoms with van der Waals surface area (Å²) in [5.74, 6) is -1.65. The molecule has 0 bridgehead atoms. The van der Waals surface area contributed by atoms with E-state index in [-0.39, 0.29) is 12.2 Å². The van der Waals surface area contributed by atoms with Crippen LogP contribution >= 0.6 is 0 Å². The smallest absolute Gasteiger partial charge is 0.246 e. The van der Waals surface area contributed by atoms with Gasteiger partial charge in [0.1, 0.15) is 18.7 Å². The van der Waals surface area contributed by atoms with Crippen molar-refractivity contribution in [3.63, 3.8) is 0 Å². The predicted molar refractivity (Wildman–Crippen MR) is 121 cm³/mol. The van der Waals surface area contributed by atoms with Crippen LogP contribution in [-0.2, 0) is 11.3 Å². The first-order chi connectivity index (χ1) is 16.1.